The van der Waals surface area contributed by atoms with Gasteiger partial charge in [-0.3, -0.25) is 5.32 Å². The molecular formula is C11H11NO2. The molecule has 0 radical (unpaired) electrons. The van der Waals surface area contributed by atoms with E-state index < -0.39 is 6.09 Å². The number of carbonyl (C=O) groups excluding carboxylic acids is 1. The van der Waals surface area contributed by atoms with Gasteiger partial charge in [-0.15, -0.1) is 5.92 Å². The molecule has 0 unspecified atom stereocenters. The number of nitrogens with one attached hydrogen (secondary N) is 1. The zero-order valence-corrected chi connectivity index (χ0v) is 7.91. The van der Waals surface area contributed by atoms with E-state index in [4.69, 9.17) is 4.74 Å². The molecule has 14 heavy (non-hydrogen) atoms. The molecule has 0 heterocycles. The van der Waals surface area contributed by atoms with Gasteiger partial charge >= 0.3 is 6.09 Å². The highest BCUT2D eigenvalue weighted by molar-refractivity contribution is 5.84. The summed E-state index contributed by atoms with van der Waals surface area (Å²) in [5.41, 5.74) is 0.710. The van der Waals surface area contributed by atoms with Gasteiger partial charge in [-0.25, -0.2) is 4.79 Å². The van der Waals surface area contributed by atoms with Crippen molar-refractivity contribution in [3.05, 3.63) is 30.3 Å². The Labute approximate surface area is 83.1 Å². The average Bonchev–Trinajstić information content (AvgIpc) is 2.20. The number of carbonyl (C=O) groups is 1. The zero-order chi connectivity index (χ0) is 10.2. The Bertz CT molecular complexity index is 349. The van der Waals surface area contributed by atoms with E-state index in [1.165, 1.54) is 0 Å². The monoisotopic (exact) mass is 189 g/mol. The standard InChI is InChI=1S/C11H11NO2/c1-2-3-9-14-11(13)12-10-7-5-4-6-8-10/h4-8H,9H2,1H3,(H,12,13). The fraction of sp³-hybridized carbons (Fsp3) is 0.182. The first-order chi connectivity index (χ1) is 6.83. The lowest BCUT2D eigenvalue weighted by molar-refractivity contribution is 0.176. The van der Waals surface area contributed by atoms with Crippen molar-refractivity contribution in [2.24, 2.45) is 0 Å². The number of hydrogen-bond donors (Lipinski definition) is 1. The molecule has 0 fully saturated rings. The lowest BCUT2D eigenvalue weighted by Crippen LogP contribution is -2.13. The smallest absolute Gasteiger partial charge is 0.412 e. The number of anilines is 1. The van der Waals surface area contributed by atoms with Crippen molar-refractivity contribution in [2.75, 3.05) is 11.9 Å². The number of benzene rings is 1. The van der Waals surface area contributed by atoms with Crippen molar-refractivity contribution in [3.8, 4) is 11.8 Å². The second-order valence-electron chi connectivity index (χ2n) is 2.49. The Morgan fingerprint density at radius 1 is 1.43 bits per heavy atom. The summed E-state index contributed by atoms with van der Waals surface area (Å²) in [6.07, 6.45) is -0.487. The highest BCUT2D eigenvalue weighted by Gasteiger charge is 1.99. The molecule has 0 aliphatic rings. The predicted molar refractivity (Wildman–Crippen MR) is 54.9 cm³/mol. The molecule has 0 aliphatic heterocycles. The van der Waals surface area contributed by atoms with Gasteiger partial charge in [0.2, 0.25) is 0 Å². The van der Waals surface area contributed by atoms with Gasteiger partial charge < -0.3 is 4.74 Å². The highest BCUT2D eigenvalue weighted by Crippen LogP contribution is 2.04. The Balaban J connectivity index is 2.37. The quantitative estimate of drug-likeness (QED) is 0.724. The first kappa shape index (κ1) is 10.1. The van der Waals surface area contributed by atoms with Crippen LogP contribution in [0.25, 0.3) is 0 Å². The minimum Gasteiger partial charge on any atom is -0.436 e. The predicted octanol–water partition coefficient (Wildman–Crippen LogP) is 2.26. The van der Waals surface area contributed by atoms with E-state index in [-0.39, 0.29) is 6.61 Å². The summed E-state index contributed by atoms with van der Waals surface area (Å²) in [6, 6.07) is 9.11. The molecule has 1 rings (SSSR count). The zero-order valence-electron chi connectivity index (χ0n) is 7.91. The van der Waals surface area contributed by atoms with Crippen LogP contribution in [0.15, 0.2) is 30.3 Å². The Morgan fingerprint density at radius 2 is 2.14 bits per heavy atom. The second kappa shape index (κ2) is 5.65. The summed E-state index contributed by atoms with van der Waals surface area (Å²) < 4.78 is 4.76. The van der Waals surface area contributed by atoms with Crippen molar-refractivity contribution >= 4 is 11.8 Å². The molecule has 0 aliphatic carbocycles. The molecule has 0 spiro atoms. The summed E-state index contributed by atoms with van der Waals surface area (Å²) in [5, 5.41) is 2.57. The minimum atomic E-state index is -0.487. The van der Waals surface area contributed by atoms with Crippen LogP contribution >= 0.6 is 0 Å². The maximum Gasteiger partial charge on any atom is 0.412 e. The van der Waals surface area contributed by atoms with E-state index in [1.54, 1.807) is 19.1 Å². The van der Waals surface area contributed by atoms with Gasteiger partial charge in [0.05, 0.1) is 0 Å². The van der Waals surface area contributed by atoms with E-state index >= 15 is 0 Å². The number of rotatable bonds is 2. The third-order valence-electron chi connectivity index (χ3n) is 1.47. The summed E-state index contributed by atoms with van der Waals surface area (Å²) in [7, 11) is 0. The Hall–Kier alpha value is -1.95. The molecule has 1 amide bonds. The average molecular weight is 189 g/mol. The Morgan fingerprint density at radius 3 is 2.79 bits per heavy atom. The molecule has 0 saturated carbocycles. The Kier molecular flexibility index (Phi) is 4.09. The number of hydrogen-bond acceptors (Lipinski definition) is 2. The molecule has 3 heteroatoms. The summed E-state index contributed by atoms with van der Waals surface area (Å²) >= 11 is 0. The molecule has 1 aromatic carbocycles. The molecule has 0 aromatic heterocycles. The first-order valence-corrected chi connectivity index (χ1v) is 4.21. The van der Waals surface area contributed by atoms with Crippen molar-refractivity contribution in [1.82, 2.24) is 0 Å². The van der Waals surface area contributed by atoms with Gasteiger partial charge in [-0.2, -0.15) is 0 Å². The molecule has 72 valence electrons. The third-order valence-corrected chi connectivity index (χ3v) is 1.47. The third kappa shape index (κ3) is 3.63. The molecule has 0 saturated heterocycles. The van der Waals surface area contributed by atoms with Gasteiger partial charge in [-0.05, 0) is 19.1 Å². The first-order valence-electron chi connectivity index (χ1n) is 4.21. The van der Waals surface area contributed by atoms with Crippen molar-refractivity contribution in [2.45, 2.75) is 6.92 Å². The van der Waals surface area contributed by atoms with Crippen molar-refractivity contribution in [1.29, 1.82) is 0 Å². The van der Waals surface area contributed by atoms with E-state index in [9.17, 15) is 4.79 Å². The van der Waals surface area contributed by atoms with Crippen LogP contribution in [0.4, 0.5) is 10.5 Å². The molecule has 0 bridgehead atoms. The topological polar surface area (TPSA) is 38.3 Å². The number of ether oxygens (including phenoxy) is 1. The van der Waals surface area contributed by atoms with Crippen LogP contribution in [0, 0.1) is 11.8 Å². The SMILES string of the molecule is CC#CCOC(=O)Nc1ccccc1. The molecule has 0 atom stereocenters. The van der Waals surface area contributed by atoms with Crippen LogP contribution in [0.2, 0.25) is 0 Å². The van der Waals surface area contributed by atoms with E-state index in [2.05, 4.69) is 17.2 Å². The van der Waals surface area contributed by atoms with Gasteiger partial charge in [0.1, 0.15) is 0 Å². The second-order valence-corrected chi connectivity index (χ2v) is 2.49. The number of amides is 1. The highest BCUT2D eigenvalue weighted by atomic mass is 16.5. The maximum absolute atomic E-state index is 11.1. The molecule has 1 aromatic rings. The molecule has 3 nitrogen and oxygen atoms in total. The van der Waals surface area contributed by atoms with E-state index in [1.807, 2.05) is 18.2 Å². The van der Waals surface area contributed by atoms with Crippen LogP contribution in [0.3, 0.4) is 0 Å². The summed E-state index contributed by atoms with van der Waals surface area (Å²) in [4.78, 5) is 11.1. The normalized spacial score (nSPS) is 8.36. The van der Waals surface area contributed by atoms with Crippen LogP contribution in [-0.2, 0) is 4.74 Å². The lowest BCUT2D eigenvalue weighted by atomic mass is 10.3. The van der Waals surface area contributed by atoms with Gasteiger partial charge in [0, 0.05) is 5.69 Å². The van der Waals surface area contributed by atoms with Crippen LogP contribution in [0.1, 0.15) is 6.92 Å². The van der Waals surface area contributed by atoms with Crippen molar-refractivity contribution in [3.63, 3.8) is 0 Å². The van der Waals surface area contributed by atoms with E-state index in [0.29, 0.717) is 5.69 Å². The largest absolute Gasteiger partial charge is 0.436 e. The van der Waals surface area contributed by atoms with Gasteiger partial charge in [-0.1, -0.05) is 24.1 Å². The summed E-state index contributed by atoms with van der Waals surface area (Å²) in [6.45, 7) is 1.81. The van der Waals surface area contributed by atoms with Crippen LogP contribution < -0.4 is 5.32 Å². The molecular weight excluding hydrogens is 178 g/mol. The lowest BCUT2D eigenvalue weighted by Gasteiger charge is -2.03. The van der Waals surface area contributed by atoms with E-state index in [0.717, 1.165) is 0 Å². The fourth-order valence-corrected chi connectivity index (χ4v) is 0.849. The maximum atomic E-state index is 11.1. The van der Waals surface area contributed by atoms with Gasteiger partial charge in [0.15, 0.2) is 6.61 Å². The minimum absolute atomic E-state index is 0.120. The van der Waals surface area contributed by atoms with Crippen LogP contribution in [0.5, 0.6) is 0 Å². The molecule has 1 N–H and O–H groups in total. The summed E-state index contributed by atoms with van der Waals surface area (Å²) in [5.74, 6) is 5.26. The van der Waals surface area contributed by atoms with Crippen molar-refractivity contribution < 1.29 is 9.53 Å². The number of para-hydroxylation sites is 1. The van der Waals surface area contributed by atoms with Crippen LogP contribution in [-0.4, -0.2) is 12.7 Å². The fourth-order valence-electron chi connectivity index (χ4n) is 0.849. The van der Waals surface area contributed by atoms with Gasteiger partial charge in [0.25, 0.3) is 0 Å².